The van der Waals surface area contributed by atoms with Gasteiger partial charge in [-0.1, -0.05) is 18.2 Å². The molecular weight excluding hydrogens is 268 g/mol. The predicted octanol–water partition coefficient (Wildman–Crippen LogP) is 2.31. The fourth-order valence-corrected chi connectivity index (χ4v) is 1.82. The van der Waals surface area contributed by atoms with Gasteiger partial charge in [0.25, 0.3) is 5.56 Å². The first kappa shape index (κ1) is 14.6. The number of hydrogen-bond acceptors (Lipinski definition) is 3. The Labute approximate surface area is 122 Å². The summed E-state index contributed by atoms with van der Waals surface area (Å²) in [5.41, 5.74) is 1.78. The maximum atomic E-state index is 11.5. The molecule has 0 aliphatic carbocycles. The quantitative estimate of drug-likeness (QED) is 0.903. The van der Waals surface area contributed by atoms with E-state index in [9.17, 15) is 9.59 Å². The van der Waals surface area contributed by atoms with E-state index in [2.05, 4.69) is 4.98 Å². The van der Waals surface area contributed by atoms with E-state index in [1.807, 2.05) is 49.3 Å². The molecule has 0 amide bonds. The van der Waals surface area contributed by atoms with Crippen LogP contribution in [0.3, 0.4) is 0 Å². The summed E-state index contributed by atoms with van der Waals surface area (Å²) in [6.45, 7) is 0. The fraction of sp³-hybridized carbons (Fsp3) is 0.125. The first-order valence-corrected chi connectivity index (χ1v) is 6.39. The van der Waals surface area contributed by atoms with E-state index >= 15 is 0 Å². The molecule has 0 unspecified atom stereocenters. The lowest BCUT2D eigenvalue weighted by molar-refractivity contribution is 0.0695. The zero-order chi connectivity index (χ0) is 15.4. The zero-order valence-corrected chi connectivity index (χ0v) is 11.8. The number of hydrogen-bond donors (Lipinski definition) is 2. The van der Waals surface area contributed by atoms with E-state index in [1.54, 1.807) is 12.1 Å². The molecule has 0 atom stereocenters. The molecule has 0 radical (unpaired) electrons. The molecule has 2 N–H and O–H groups in total. The van der Waals surface area contributed by atoms with Crippen molar-refractivity contribution in [3.8, 4) is 0 Å². The van der Waals surface area contributed by atoms with E-state index in [0.29, 0.717) is 5.69 Å². The first-order valence-electron chi connectivity index (χ1n) is 6.39. The van der Waals surface area contributed by atoms with Crippen LogP contribution in [0.4, 0.5) is 5.69 Å². The van der Waals surface area contributed by atoms with Crippen molar-refractivity contribution in [1.82, 2.24) is 4.98 Å². The van der Waals surface area contributed by atoms with Crippen LogP contribution in [0, 0.1) is 0 Å². The van der Waals surface area contributed by atoms with Crippen LogP contribution in [0.25, 0.3) is 12.2 Å². The zero-order valence-electron chi connectivity index (χ0n) is 11.8. The number of aromatic amines is 1. The lowest BCUT2D eigenvalue weighted by Gasteiger charge is -2.11. The van der Waals surface area contributed by atoms with Gasteiger partial charge in [-0.15, -0.1) is 0 Å². The smallest absolute Gasteiger partial charge is 0.341 e. The molecule has 0 aliphatic rings. The number of aromatic nitrogens is 1. The Hall–Kier alpha value is -2.82. The molecule has 2 aromatic rings. The summed E-state index contributed by atoms with van der Waals surface area (Å²) in [6, 6.07) is 10.8. The average Bonchev–Trinajstić information content (AvgIpc) is 2.45. The lowest BCUT2D eigenvalue weighted by atomic mass is 10.1. The standard InChI is InChI=1S/C16H16N2O3/c1-18(2)13-8-4-11(5-9-13)3-6-12-7-10-14(16(20)21)15(19)17-12/h3-10H,1-2H3,(H,17,19)(H,20,21)/b6-3+. The van der Waals surface area contributed by atoms with Crippen molar-refractivity contribution >= 4 is 23.8 Å². The monoisotopic (exact) mass is 284 g/mol. The third-order valence-corrected chi connectivity index (χ3v) is 3.03. The number of carboxylic acid groups (broad SMARTS) is 1. The second-order valence-electron chi connectivity index (χ2n) is 4.78. The Morgan fingerprint density at radius 3 is 2.29 bits per heavy atom. The molecule has 5 nitrogen and oxygen atoms in total. The normalized spacial score (nSPS) is 10.8. The second kappa shape index (κ2) is 6.09. The number of H-pyrrole nitrogens is 1. The van der Waals surface area contributed by atoms with Gasteiger partial charge in [-0.3, -0.25) is 4.79 Å². The van der Waals surface area contributed by atoms with E-state index < -0.39 is 11.5 Å². The van der Waals surface area contributed by atoms with Crippen molar-refractivity contribution in [2.75, 3.05) is 19.0 Å². The largest absolute Gasteiger partial charge is 0.477 e. The van der Waals surface area contributed by atoms with Crippen LogP contribution in [0.15, 0.2) is 41.2 Å². The summed E-state index contributed by atoms with van der Waals surface area (Å²) in [7, 11) is 3.94. The highest BCUT2D eigenvalue weighted by molar-refractivity contribution is 5.87. The molecule has 0 aliphatic heterocycles. The second-order valence-corrected chi connectivity index (χ2v) is 4.78. The van der Waals surface area contributed by atoms with Gasteiger partial charge in [0.05, 0.1) is 0 Å². The highest BCUT2D eigenvalue weighted by Crippen LogP contribution is 2.14. The number of pyridine rings is 1. The number of nitrogens with one attached hydrogen (secondary N) is 1. The number of benzene rings is 1. The van der Waals surface area contributed by atoms with Crippen molar-refractivity contribution in [3.05, 3.63) is 63.6 Å². The average molecular weight is 284 g/mol. The van der Waals surface area contributed by atoms with Crippen LogP contribution in [-0.4, -0.2) is 30.2 Å². The molecule has 0 bridgehead atoms. The number of aromatic carboxylic acids is 1. The third kappa shape index (κ3) is 3.60. The van der Waals surface area contributed by atoms with Crippen LogP contribution in [0.1, 0.15) is 21.6 Å². The minimum Gasteiger partial charge on any atom is -0.477 e. The Balaban J connectivity index is 2.19. The maximum Gasteiger partial charge on any atom is 0.341 e. The maximum absolute atomic E-state index is 11.5. The van der Waals surface area contributed by atoms with Crippen molar-refractivity contribution in [3.63, 3.8) is 0 Å². The summed E-state index contributed by atoms with van der Waals surface area (Å²) in [5, 5.41) is 8.79. The van der Waals surface area contributed by atoms with Gasteiger partial charge >= 0.3 is 5.97 Å². The van der Waals surface area contributed by atoms with Gasteiger partial charge in [-0.25, -0.2) is 4.79 Å². The Kier molecular flexibility index (Phi) is 4.23. The van der Waals surface area contributed by atoms with Gasteiger partial charge in [-0.2, -0.15) is 0 Å². The van der Waals surface area contributed by atoms with Crippen LogP contribution in [0.5, 0.6) is 0 Å². The molecule has 2 rings (SSSR count). The predicted molar refractivity (Wildman–Crippen MR) is 83.7 cm³/mol. The number of anilines is 1. The van der Waals surface area contributed by atoms with Gasteiger partial charge in [0.2, 0.25) is 0 Å². The van der Waals surface area contributed by atoms with Gasteiger partial charge < -0.3 is 15.0 Å². The summed E-state index contributed by atoms with van der Waals surface area (Å²) < 4.78 is 0. The number of nitrogens with zero attached hydrogens (tertiary/aromatic N) is 1. The Morgan fingerprint density at radius 1 is 1.10 bits per heavy atom. The summed E-state index contributed by atoms with van der Waals surface area (Å²) in [4.78, 5) is 26.8. The van der Waals surface area contributed by atoms with E-state index in [1.165, 1.54) is 6.07 Å². The number of carbonyl (C=O) groups is 1. The Bertz CT molecular complexity index is 728. The van der Waals surface area contributed by atoms with E-state index in [0.717, 1.165) is 11.3 Å². The van der Waals surface area contributed by atoms with Crippen molar-refractivity contribution in [1.29, 1.82) is 0 Å². The highest BCUT2D eigenvalue weighted by Gasteiger charge is 2.07. The molecule has 21 heavy (non-hydrogen) atoms. The first-order chi connectivity index (χ1) is 9.97. The minimum absolute atomic E-state index is 0.262. The molecule has 108 valence electrons. The van der Waals surface area contributed by atoms with Crippen molar-refractivity contribution in [2.45, 2.75) is 0 Å². The molecular formula is C16H16N2O3. The van der Waals surface area contributed by atoms with Gasteiger partial charge in [0.1, 0.15) is 5.56 Å². The van der Waals surface area contributed by atoms with Crippen LogP contribution in [0.2, 0.25) is 0 Å². The molecule has 5 heteroatoms. The third-order valence-electron chi connectivity index (χ3n) is 3.03. The van der Waals surface area contributed by atoms with Crippen LogP contribution in [-0.2, 0) is 0 Å². The molecule has 0 spiro atoms. The van der Waals surface area contributed by atoms with E-state index in [-0.39, 0.29) is 5.56 Å². The number of rotatable bonds is 4. The molecule has 1 aromatic carbocycles. The van der Waals surface area contributed by atoms with Gasteiger partial charge in [0.15, 0.2) is 0 Å². The Morgan fingerprint density at radius 2 is 1.76 bits per heavy atom. The highest BCUT2D eigenvalue weighted by atomic mass is 16.4. The summed E-state index contributed by atoms with van der Waals surface area (Å²) >= 11 is 0. The fourth-order valence-electron chi connectivity index (χ4n) is 1.82. The summed E-state index contributed by atoms with van der Waals surface area (Å²) in [6.07, 6.45) is 3.59. The van der Waals surface area contributed by atoms with Crippen LogP contribution >= 0.6 is 0 Å². The SMILES string of the molecule is CN(C)c1ccc(/C=C/c2ccc(C(=O)O)c(=O)[nH]2)cc1. The van der Waals surface area contributed by atoms with Gasteiger partial charge in [-0.05, 0) is 35.9 Å². The lowest BCUT2D eigenvalue weighted by Crippen LogP contribution is -2.17. The minimum atomic E-state index is -1.23. The molecule has 0 saturated heterocycles. The number of carboxylic acids is 1. The summed E-state index contributed by atoms with van der Waals surface area (Å²) in [5.74, 6) is -1.23. The molecule has 1 aromatic heterocycles. The topological polar surface area (TPSA) is 73.4 Å². The van der Waals surface area contributed by atoms with Crippen molar-refractivity contribution in [2.24, 2.45) is 0 Å². The molecule has 1 heterocycles. The van der Waals surface area contributed by atoms with Crippen molar-refractivity contribution < 1.29 is 9.90 Å². The van der Waals surface area contributed by atoms with E-state index in [4.69, 9.17) is 5.11 Å². The molecule has 0 fully saturated rings. The van der Waals surface area contributed by atoms with Gasteiger partial charge in [0, 0.05) is 25.5 Å². The molecule has 0 saturated carbocycles. The van der Waals surface area contributed by atoms with Crippen LogP contribution < -0.4 is 10.5 Å².